The molecule has 0 bridgehead atoms. The van der Waals surface area contributed by atoms with Gasteiger partial charge in [0.15, 0.2) is 5.82 Å². The highest BCUT2D eigenvalue weighted by Crippen LogP contribution is 2.25. The van der Waals surface area contributed by atoms with Crippen molar-refractivity contribution in [3.05, 3.63) is 70.6 Å². The van der Waals surface area contributed by atoms with Crippen LogP contribution in [0.4, 0.5) is 0 Å². The standard InChI is InChI=1S/C19H19N3O/c1-19(2,3)14-9-7-13(8-10-14)16-12-17(23)22-18(21-16)15-6-4-5-11-20-15/h4-12H,1-3H3,(H,21,22,23). The topological polar surface area (TPSA) is 58.6 Å². The van der Waals surface area contributed by atoms with E-state index >= 15 is 0 Å². The molecule has 0 aliphatic rings. The van der Waals surface area contributed by atoms with Crippen LogP contribution in [0.25, 0.3) is 22.8 Å². The smallest absolute Gasteiger partial charge is 0.251 e. The molecule has 2 heterocycles. The van der Waals surface area contributed by atoms with E-state index in [-0.39, 0.29) is 11.0 Å². The second-order valence-corrected chi connectivity index (χ2v) is 6.52. The molecule has 0 aliphatic carbocycles. The Morgan fingerprint density at radius 1 is 0.957 bits per heavy atom. The van der Waals surface area contributed by atoms with Gasteiger partial charge < -0.3 is 4.98 Å². The summed E-state index contributed by atoms with van der Waals surface area (Å²) in [5, 5.41) is 0. The summed E-state index contributed by atoms with van der Waals surface area (Å²) in [5.74, 6) is 0.480. The number of aromatic nitrogens is 3. The average Bonchev–Trinajstić information content (AvgIpc) is 2.54. The molecule has 1 aromatic carbocycles. The van der Waals surface area contributed by atoms with Gasteiger partial charge in [0, 0.05) is 17.8 Å². The summed E-state index contributed by atoms with van der Waals surface area (Å²) < 4.78 is 0. The van der Waals surface area contributed by atoms with E-state index in [4.69, 9.17) is 0 Å². The molecule has 0 amide bonds. The molecule has 0 aliphatic heterocycles. The number of nitrogens with one attached hydrogen (secondary N) is 1. The molecule has 23 heavy (non-hydrogen) atoms. The molecule has 0 saturated heterocycles. The number of aromatic amines is 1. The first-order valence-electron chi connectivity index (χ1n) is 7.57. The number of rotatable bonds is 2. The molecule has 0 atom stereocenters. The lowest BCUT2D eigenvalue weighted by Crippen LogP contribution is -2.11. The number of hydrogen-bond acceptors (Lipinski definition) is 3. The fraction of sp³-hybridized carbons (Fsp3) is 0.211. The molecule has 0 radical (unpaired) electrons. The third kappa shape index (κ3) is 3.37. The number of H-pyrrole nitrogens is 1. The van der Waals surface area contributed by atoms with Gasteiger partial charge in [0.2, 0.25) is 0 Å². The van der Waals surface area contributed by atoms with Crippen LogP contribution in [0, 0.1) is 0 Å². The lowest BCUT2D eigenvalue weighted by molar-refractivity contribution is 0.590. The molecule has 0 unspecified atom stereocenters. The van der Waals surface area contributed by atoms with Crippen LogP contribution < -0.4 is 5.56 Å². The predicted octanol–water partition coefficient (Wildman–Crippen LogP) is 3.80. The minimum Gasteiger partial charge on any atom is -0.305 e. The molecule has 0 fully saturated rings. The van der Waals surface area contributed by atoms with E-state index in [1.54, 1.807) is 6.20 Å². The molecule has 116 valence electrons. The first-order chi connectivity index (χ1) is 10.9. The number of benzene rings is 1. The average molecular weight is 305 g/mol. The van der Waals surface area contributed by atoms with Crippen molar-refractivity contribution in [2.45, 2.75) is 26.2 Å². The Hall–Kier alpha value is -2.75. The molecule has 3 aromatic rings. The predicted molar refractivity (Wildman–Crippen MR) is 92.2 cm³/mol. The minimum atomic E-state index is -0.185. The second kappa shape index (κ2) is 5.80. The molecule has 0 saturated carbocycles. The molecule has 0 spiro atoms. The van der Waals surface area contributed by atoms with Crippen LogP contribution >= 0.6 is 0 Å². The highest BCUT2D eigenvalue weighted by Gasteiger charge is 2.13. The summed E-state index contributed by atoms with van der Waals surface area (Å²) >= 11 is 0. The highest BCUT2D eigenvalue weighted by atomic mass is 16.1. The fourth-order valence-corrected chi connectivity index (χ4v) is 2.37. The second-order valence-electron chi connectivity index (χ2n) is 6.52. The van der Waals surface area contributed by atoms with Gasteiger partial charge in [-0.25, -0.2) is 4.98 Å². The number of nitrogens with zero attached hydrogens (tertiary/aromatic N) is 2. The minimum absolute atomic E-state index is 0.0965. The zero-order valence-corrected chi connectivity index (χ0v) is 13.5. The van der Waals surface area contributed by atoms with Gasteiger partial charge in [-0.2, -0.15) is 0 Å². The molecule has 2 aromatic heterocycles. The van der Waals surface area contributed by atoms with Gasteiger partial charge in [-0.05, 0) is 23.1 Å². The van der Waals surface area contributed by atoms with Crippen molar-refractivity contribution in [1.82, 2.24) is 15.0 Å². The van der Waals surface area contributed by atoms with Gasteiger partial charge in [0.1, 0.15) is 5.69 Å². The van der Waals surface area contributed by atoms with Gasteiger partial charge in [0.25, 0.3) is 5.56 Å². The monoisotopic (exact) mass is 305 g/mol. The van der Waals surface area contributed by atoms with Crippen molar-refractivity contribution in [2.24, 2.45) is 0 Å². The van der Waals surface area contributed by atoms with Crippen molar-refractivity contribution in [3.8, 4) is 22.8 Å². The molecule has 1 N–H and O–H groups in total. The van der Waals surface area contributed by atoms with Crippen molar-refractivity contribution in [2.75, 3.05) is 0 Å². The van der Waals surface area contributed by atoms with Crippen molar-refractivity contribution in [1.29, 1.82) is 0 Å². The van der Waals surface area contributed by atoms with Crippen LogP contribution in [-0.4, -0.2) is 15.0 Å². The Morgan fingerprint density at radius 2 is 1.70 bits per heavy atom. The third-order valence-electron chi connectivity index (χ3n) is 3.70. The van der Waals surface area contributed by atoms with Crippen LogP contribution in [0.1, 0.15) is 26.3 Å². The molecular formula is C19H19N3O. The van der Waals surface area contributed by atoms with Crippen LogP contribution in [0.2, 0.25) is 0 Å². The van der Waals surface area contributed by atoms with Crippen molar-refractivity contribution in [3.63, 3.8) is 0 Å². The van der Waals surface area contributed by atoms with E-state index in [1.165, 1.54) is 11.6 Å². The van der Waals surface area contributed by atoms with Crippen LogP contribution in [-0.2, 0) is 5.41 Å². The third-order valence-corrected chi connectivity index (χ3v) is 3.70. The van der Waals surface area contributed by atoms with E-state index in [2.05, 4.69) is 47.9 Å². The van der Waals surface area contributed by atoms with Crippen LogP contribution in [0.3, 0.4) is 0 Å². The summed E-state index contributed by atoms with van der Waals surface area (Å²) in [6.45, 7) is 6.52. The zero-order valence-electron chi connectivity index (χ0n) is 13.5. The van der Waals surface area contributed by atoms with Crippen molar-refractivity contribution < 1.29 is 0 Å². The molecule has 3 rings (SSSR count). The maximum Gasteiger partial charge on any atom is 0.251 e. The Balaban J connectivity index is 2.04. The van der Waals surface area contributed by atoms with E-state index in [0.717, 1.165) is 5.56 Å². The quantitative estimate of drug-likeness (QED) is 0.783. The molecule has 4 nitrogen and oxygen atoms in total. The molecular weight excluding hydrogens is 286 g/mol. The maximum absolute atomic E-state index is 12.0. The highest BCUT2D eigenvalue weighted by molar-refractivity contribution is 5.62. The summed E-state index contributed by atoms with van der Waals surface area (Å²) in [6, 6.07) is 15.2. The normalized spacial score (nSPS) is 11.4. The Kier molecular flexibility index (Phi) is 3.82. The van der Waals surface area contributed by atoms with Crippen molar-refractivity contribution >= 4 is 0 Å². The Bertz CT molecular complexity index is 860. The number of pyridine rings is 1. The summed E-state index contributed by atoms with van der Waals surface area (Å²) in [6.07, 6.45) is 1.68. The molecule has 4 heteroatoms. The first-order valence-corrected chi connectivity index (χ1v) is 7.57. The SMILES string of the molecule is CC(C)(C)c1ccc(-c2cc(=O)[nH]c(-c3ccccn3)n2)cc1. The van der Waals surface area contributed by atoms with Crippen LogP contribution in [0.5, 0.6) is 0 Å². The lowest BCUT2D eigenvalue weighted by Gasteiger charge is -2.19. The van der Waals surface area contributed by atoms with Gasteiger partial charge in [0.05, 0.1) is 5.69 Å². The lowest BCUT2D eigenvalue weighted by atomic mass is 9.86. The van der Waals surface area contributed by atoms with Crippen LogP contribution in [0.15, 0.2) is 59.5 Å². The Morgan fingerprint density at radius 3 is 2.30 bits per heavy atom. The maximum atomic E-state index is 12.0. The van der Waals surface area contributed by atoms with E-state index in [1.807, 2.05) is 30.3 Å². The summed E-state index contributed by atoms with van der Waals surface area (Å²) in [5.41, 5.74) is 3.37. The van der Waals surface area contributed by atoms with E-state index in [9.17, 15) is 4.79 Å². The largest absolute Gasteiger partial charge is 0.305 e. The van der Waals surface area contributed by atoms with E-state index in [0.29, 0.717) is 17.2 Å². The fourth-order valence-electron chi connectivity index (χ4n) is 2.37. The summed E-state index contributed by atoms with van der Waals surface area (Å²) in [4.78, 5) is 23.5. The van der Waals surface area contributed by atoms with Gasteiger partial charge >= 0.3 is 0 Å². The summed E-state index contributed by atoms with van der Waals surface area (Å²) in [7, 11) is 0. The Labute approximate surface area is 135 Å². The zero-order chi connectivity index (χ0) is 16.4. The first kappa shape index (κ1) is 15.2. The van der Waals surface area contributed by atoms with E-state index < -0.39 is 0 Å². The van der Waals surface area contributed by atoms with Gasteiger partial charge in [-0.3, -0.25) is 9.78 Å². The number of hydrogen-bond donors (Lipinski definition) is 1. The van der Waals surface area contributed by atoms with Gasteiger partial charge in [-0.15, -0.1) is 0 Å². The van der Waals surface area contributed by atoms with Gasteiger partial charge in [-0.1, -0.05) is 51.1 Å².